The van der Waals surface area contributed by atoms with E-state index >= 15 is 0 Å². The number of nitrogens with one attached hydrogen (secondary N) is 1. The highest BCUT2D eigenvalue weighted by Crippen LogP contribution is 2.29. The Kier molecular flexibility index (Phi) is 5.28. The molecule has 5 nitrogen and oxygen atoms in total. The molecule has 0 saturated carbocycles. The van der Waals surface area contributed by atoms with Gasteiger partial charge in [-0.2, -0.15) is 0 Å². The van der Waals surface area contributed by atoms with Gasteiger partial charge in [-0.3, -0.25) is 0 Å². The number of aliphatic hydroxyl groups is 1. The van der Waals surface area contributed by atoms with Crippen LogP contribution in [0.5, 0.6) is 0 Å². The van der Waals surface area contributed by atoms with Gasteiger partial charge in [0.1, 0.15) is 4.90 Å². The van der Waals surface area contributed by atoms with Gasteiger partial charge >= 0.3 is 0 Å². The van der Waals surface area contributed by atoms with Crippen LogP contribution in [0.25, 0.3) is 0 Å². The zero-order valence-corrected chi connectivity index (χ0v) is 12.9. The Hall–Kier alpha value is -0.370. The van der Waals surface area contributed by atoms with Crippen molar-refractivity contribution in [2.75, 3.05) is 13.2 Å². The molecular formula is C12H15Cl2NO4S. The van der Waals surface area contributed by atoms with Gasteiger partial charge in [-0.1, -0.05) is 23.2 Å². The smallest absolute Gasteiger partial charge is 0.242 e. The number of hydrogen-bond acceptors (Lipinski definition) is 4. The van der Waals surface area contributed by atoms with E-state index in [4.69, 9.17) is 33.0 Å². The van der Waals surface area contributed by atoms with E-state index in [9.17, 15) is 8.42 Å². The van der Waals surface area contributed by atoms with Crippen LogP contribution in [0, 0.1) is 0 Å². The lowest BCUT2D eigenvalue weighted by molar-refractivity contribution is 0.0832. The molecule has 0 bridgehead atoms. The lowest BCUT2D eigenvalue weighted by Crippen LogP contribution is -2.39. The van der Waals surface area contributed by atoms with E-state index in [0.29, 0.717) is 31.6 Å². The van der Waals surface area contributed by atoms with Crippen LogP contribution in [0.4, 0.5) is 0 Å². The summed E-state index contributed by atoms with van der Waals surface area (Å²) < 4.78 is 32.5. The number of hydrogen-bond donors (Lipinski definition) is 2. The van der Waals surface area contributed by atoms with E-state index < -0.39 is 10.0 Å². The molecule has 0 aliphatic carbocycles. The molecule has 0 amide bonds. The molecule has 0 radical (unpaired) electrons. The molecule has 1 heterocycles. The monoisotopic (exact) mass is 339 g/mol. The lowest BCUT2D eigenvalue weighted by Gasteiger charge is -2.23. The van der Waals surface area contributed by atoms with Crippen LogP contribution in [0.3, 0.4) is 0 Å². The fraction of sp³-hybridized carbons (Fsp3) is 0.500. The Morgan fingerprint density at radius 1 is 1.25 bits per heavy atom. The Bertz CT molecular complexity index is 585. The summed E-state index contributed by atoms with van der Waals surface area (Å²) in [4.78, 5) is -0.0703. The quantitative estimate of drug-likeness (QED) is 0.878. The Labute approximate surface area is 127 Å². The number of benzene rings is 1. The third-order valence-corrected chi connectivity index (χ3v) is 5.44. The van der Waals surface area contributed by atoms with E-state index in [1.165, 1.54) is 12.1 Å². The van der Waals surface area contributed by atoms with Gasteiger partial charge in [0.05, 0.1) is 11.6 Å². The Morgan fingerprint density at radius 3 is 2.50 bits per heavy atom. The van der Waals surface area contributed by atoms with E-state index in [0.717, 1.165) is 0 Å². The summed E-state index contributed by atoms with van der Waals surface area (Å²) in [6, 6.07) is 2.46. The molecular weight excluding hydrogens is 325 g/mol. The van der Waals surface area contributed by atoms with Crippen molar-refractivity contribution >= 4 is 33.2 Å². The molecule has 0 aromatic heterocycles. The lowest BCUT2D eigenvalue weighted by atomic mass is 10.1. The van der Waals surface area contributed by atoms with Crippen molar-refractivity contribution in [3.63, 3.8) is 0 Å². The first kappa shape index (κ1) is 16.0. The second-order valence-electron chi connectivity index (χ2n) is 4.54. The van der Waals surface area contributed by atoms with Crippen LogP contribution < -0.4 is 4.72 Å². The normalized spacial score (nSPS) is 17.4. The molecule has 0 spiro atoms. The highest BCUT2D eigenvalue weighted by molar-refractivity contribution is 7.89. The van der Waals surface area contributed by atoms with Crippen molar-refractivity contribution in [3.8, 4) is 0 Å². The van der Waals surface area contributed by atoms with Gasteiger partial charge in [-0.25, -0.2) is 13.1 Å². The molecule has 20 heavy (non-hydrogen) atoms. The Morgan fingerprint density at radius 2 is 1.90 bits per heavy atom. The van der Waals surface area contributed by atoms with Gasteiger partial charge in [0.2, 0.25) is 10.0 Å². The number of aliphatic hydroxyl groups excluding tert-OH is 1. The maximum atomic E-state index is 12.3. The molecule has 1 fully saturated rings. The summed E-state index contributed by atoms with van der Waals surface area (Å²) in [5, 5.41) is 9.43. The second kappa shape index (κ2) is 6.60. The van der Waals surface area contributed by atoms with Crippen LogP contribution in [-0.2, 0) is 21.4 Å². The maximum Gasteiger partial charge on any atom is 0.242 e. The van der Waals surface area contributed by atoms with E-state index in [1.54, 1.807) is 0 Å². The van der Waals surface area contributed by atoms with Crippen molar-refractivity contribution < 1.29 is 18.3 Å². The number of halogens is 2. The number of rotatable bonds is 4. The summed E-state index contributed by atoms with van der Waals surface area (Å²) in [6.07, 6.45) is 1.24. The molecule has 1 aliphatic heterocycles. The van der Waals surface area contributed by atoms with Crippen molar-refractivity contribution in [1.29, 1.82) is 0 Å². The van der Waals surface area contributed by atoms with Gasteiger partial charge in [-0.05, 0) is 30.5 Å². The van der Waals surface area contributed by atoms with Crippen molar-refractivity contribution in [2.24, 2.45) is 0 Å². The summed E-state index contributed by atoms with van der Waals surface area (Å²) >= 11 is 11.8. The highest BCUT2D eigenvalue weighted by Gasteiger charge is 2.25. The van der Waals surface area contributed by atoms with E-state index in [-0.39, 0.29) is 27.6 Å². The summed E-state index contributed by atoms with van der Waals surface area (Å²) in [6.45, 7) is 0.711. The first-order valence-corrected chi connectivity index (χ1v) is 8.37. The van der Waals surface area contributed by atoms with Gasteiger partial charge in [0.25, 0.3) is 0 Å². The van der Waals surface area contributed by atoms with Crippen LogP contribution >= 0.6 is 23.2 Å². The average molecular weight is 340 g/mol. The minimum atomic E-state index is -3.75. The van der Waals surface area contributed by atoms with E-state index in [2.05, 4.69) is 4.72 Å². The molecule has 112 valence electrons. The highest BCUT2D eigenvalue weighted by atomic mass is 35.5. The fourth-order valence-electron chi connectivity index (χ4n) is 2.00. The van der Waals surface area contributed by atoms with E-state index in [1.807, 2.05) is 0 Å². The fourth-order valence-corrected chi connectivity index (χ4v) is 4.16. The molecule has 1 aromatic carbocycles. The Balaban J connectivity index is 2.28. The molecule has 1 saturated heterocycles. The zero-order valence-electron chi connectivity index (χ0n) is 10.6. The third kappa shape index (κ3) is 3.63. The van der Waals surface area contributed by atoms with Gasteiger partial charge in [-0.15, -0.1) is 0 Å². The summed E-state index contributed by atoms with van der Waals surface area (Å²) in [5.41, 5.74) is 0.323. The summed E-state index contributed by atoms with van der Waals surface area (Å²) in [7, 11) is -3.75. The van der Waals surface area contributed by atoms with Crippen LogP contribution in [0.1, 0.15) is 18.4 Å². The second-order valence-corrected chi connectivity index (χ2v) is 7.04. The standard InChI is InChI=1S/C12H15Cl2NO4S/c13-10-6-11(14)12(5-8(10)7-16)20(17,18)15-9-1-3-19-4-2-9/h5-6,9,15-16H,1-4,7H2. The minimum absolute atomic E-state index is 0.0340. The molecule has 1 aliphatic rings. The predicted octanol–water partition coefficient (Wildman–Crippen LogP) is 1.94. The van der Waals surface area contributed by atoms with Crippen LogP contribution in [0.15, 0.2) is 17.0 Å². The minimum Gasteiger partial charge on any atom is -0.392 e. The van der Waals surface area contributed by atoms with Gasteiger partial charge in [0.15, 0.2) is 0 Å². The molecule has 1 aromatic rings. The SMILES string of the molecule is O=S(=O)(NC1CCOCC1)c1cc(CO)c(Cl)cc1Cl. The molecule has 2 rings (SSSR count). The van der Waals surface area contributed by atoms with Gasteiger partial charge < -0.3 is 9.84 Å². The van der Waals surface area contributed by atoms with Gasteiger partial charge in [0, 0.05) is 24.3 Å². The van der Waals surface area contributed by atoms with Crippen LogP contribution in [-0.4, -0.2) is 32.8 Å². The van der Waals surface area contributed by atoms with Crippen LogP contribution in [0.2, 0.25) is 10.0 Å². The molecule has 8 heteroatoms. The number of ether oxygens (including phenoxy) is 1. The van der Waals surface area contributed by atoms with Crippen molar-refractivity contribution in [2.45, 2.75) is 30.4 Å². The molecule has 0 unspecified atom stereocenters. The number of sulfonamides is 1. The first-order chi connectivity index (χ1) is 9.44. The van der Waals surface area contributed by atoms with Crippen molar-refractivity contribution in [1.82, 2.24) is 4.72 Å². The average Bonchev–Trinajstić information content (AvgIpc) is 2.39. The first-order valence-electron chi connectivity index (χ1n) is 6.13. The van der Waals surface area contributed by atoms with Crippen molar-refractivity contribution in [3.05, 3.63) is 27.7 Å². The molecule has 0 atom stereocenters. The maximum absolute atomic E-state index is 12.3. The largest absolute Gasteiger partial charge is 0.392 e. The predicted molar refractivity (Wildman–Crippen MR) is 76.5 cm³/mol. The topological polar surface area (TPSA) is 75.6 Å². The summed E-state index contributed by atoms with van der Waals surface area (Å²) in [5.74, 6) is 0. The zero-order chi connectivity index (χ0) is 14.8. The third-order valence-electron chi connectivity index (χ3n) is 3.10. The molecule has 2 N–H and O–H groups in total.